The van der Waals surface area contributed by atoms with E-state index in [1.165, 1.54) is 6.42 Å². The predicted molar refractivity (Wildman–Crippen MR) is 54.6 cm³/mol. The molecule has 5 nitrogen and oxygen atoms in total. The number of hydrogen-bond acceptors (Lipinski definition) is 4. The third kappa shape index (κ3) is 5.11. The van der Waals surface area contributed by atoms with Gasteiger partial charge in [-0.25, -0.2) is 0 Å². The molecule has 0 aromatic rings. The average Bonchev–Trinajstić information content (AvgIpc) is 2.25. The van der Waals surface area contributed by atoms with Crippen molar-refractivity contribution < 1.29 is 19.4 Å². The smallest absolute Gasteiger partial charge is 0.320 e. The Morgan fingerprint density at radius 2 is 2.40 bits per heavy atom. The molecule has 0 radical (unpaired) electrons. The third-order valence-electron chi connectivity index (χ3n) is 2.47. The lowest BCUT2D eigenvalue weighted by atomic mass is 10.1. The number of carboxylic acid groups (broad SMARTS) is 1. The predicted octanol–water partition coefficient (Wildman–Crippen LogP) is 0.374. The Morgan fingerprint density at radius 1 is 1.60 bits per heavy atom. The molecule has 1 fully saturated rings. The minimum absolute atomic E-state index is 0.180. The van der Waals surface area contributed by atoms with Crippen LogP contribution in [0.15, 0.2) is 0 Å². The number of carboxylic acids is 1. The molecular formula is C10H19NO4. The maximum Gasteiger partial charge on any atom is 0.320 e. The first-order valence-corrected chi connectivity index (χ1v) is 5.38. The van der Waals surface area contributed by atoms with E-state index in [9.17, 15) is 4.79 Å². The Balaban J connectivity index is 1.98. The second kappa shape index (κ2) is 6.76. The normalized spacial score (nSPS) is 23.7. The van der Waals surface area contributed by atoms with Crippen LogP contribution in [-0.2, 0) is 14.3 Å². The summed E-state index contributed by atoms with van der Waals surface area (Å²) in [6, 6.07) is -0.822. The Morgan fingerprint density at radius 3 is 3.00 bits per heavy atom. The molecular weight excluding hydrogens is 198 g/mol. The van der Waals surface area contributed by atoms with Crippen molar-refractivity contribution in [1.82, 2.24) is 0 Å². The minimum Gasteiger partial charge on any atom is -0.480 e. The molecule has 1 heterocycles. The van der Waals surface area contributed by atoms with Gasteiger partial charge in [0.05, 0.1) is 12.7 Å². The Bertz CT molecular complexity index is 192. The lowest BCUT2D eigenvalue weighted by molar-refractivity contribution is -0.139. The van der Waals surface area contributed by atoms with E-state index < -0.39 is 12.0 Å². The van der Waals surface area contributed by atoms with Gasteiger partial charge in [-0.05, 0) is 25.7 Å². The van der Waals surface area contributed by atoms with Gasteiger partial charge in [0.25, 0.3) is 0 Å². The van der Waals surface area contributed by atoms with Gasteiger partial charge >= 0.3 is 5.97 Å². The third-order valence-corrected chi connectivity index (χ3v) is 2.47. The van der Waals surface area contributed by atoms with E-state index in [1.54, 1.807) is 0 Å². The van der Waals surface area contributed by atoms with Crippen molar-refractivity contribution in [3.63, 3.8) is 0 Å². The molecule has 1 aliphatic heterocycles. The summed E-state index contributed by atoms with van der Waals surface area (Å²) in [6.45, 7) is 1.74. The van der Waals surface area contributed by atoms with Gasteiger partial charge in [-0.15, -0.1) is 0 Å². The Kier molecular flexibility index (Phi) is 5.60. The summed E-state index contributed by atoms with van der Waals surface area (Å²) in [5.74, 6) is -0.979. The van der Waals surface area contributed by atoms with E-state index in [4.69, 9.17) is 20.3 Å². The van der Waals surface area contributed by atoms with Gasteiger partial charge in [0.2, 0.25) is 0 Å². The van der Waals surface area contributed by atoms with E-state index in [-0.39, 0.29) is 6.10 Å². The summed E-state index contributed by atoms with van der Waals surface area (Å²) in [4.78, 5) is 10.4. The lowest BCUT2D eigenvalue weighted by Gasteiger charge is -2.22. The monoisotopic (exact) mass is 217 g/mol. The molecule has 1 aliphatic rings. The van der Waals surface area contributed by atoms with Gasteiger partial charge in [0, 0.05) is 13.2 Å². The SMILES string of the molecule is NC(CCOCC1CCCCO1)C(=O)O. The Hall–Kier alpha value is -0.650. The first-order valence-electron chi connectivity index (χ1n) is 5.38. The summed E-state index contributed by atoms with van der Waals surface area (Å²) in [5.41, 5.74) is 5.32. The molecule has 0 spiro atoms. The van der Waals surface area contributed by atoms with Crippen LogP contribution in [0.5, 0.6) is 0 Å². The zero-order valence-corrected chi connectivity index (χ0v) is 8.85. The van der Waals surface area contributed by atoms with E-state index in [0.717, 1.165) is 19.4 Å². The summed E-state index contributed by atoms with van der Waals surface area (Å²) in [7, 11) is 0. The molecule has 2 atom stereocenters. The number of hydrogen-bond donors (Lipinski definition) is 2. The molecule has 0 saturated carbocycles. The van der Waals surface area contributed by atoms with Crippen LogP contribution in [0.3, 0.4) is 0 Å². The highest BCUT2D eigenvalue weighted by molar-refractivity contribution is 5.72. The van der Waals surface area contributed by atoms with Crippen LogP contribution >= 0.6 is 0 Å². The van der Waals surface area contributed by atoms with Crippen LogP contribution in [0.2, 0.25) is 0 Å². The van der Waals surface area contributed by atoms with Crippen molar-refractivity contribution in [2.45, 2.75) is 37.8 Å². The highest BCUT2D eigenvalue weighted by Crippen LogP contribution is 2.12. The van der Waals surface area contributed by atoms with Crippen molar-refractivity contribution in [2.75, 3.05) is 19.8 Å². The zero-order chi connectivity index (χ0) is 11.1. The molecule has 1 saturated heterocycles. The zero-order valence-electron chi connectivity index (χ0n) is 8.85. The topological polar surface area (TPSA) is 81.8 Å². The van der Waals surface area contributed by atoms with Gasteiger partial charge in [-0.3, -0.25) is 4.79 Å². The van der Waals surface area contributed by atoms with Gasteiger partial charge in [0.1, 0.15) is 6.04 Å². The fourth-order valence-corrected chi connectivity index (χ4v) is 1.49. The average molecular weight is 217 g/mol. The van der Waals surface area contributed by atoms with Crippen molar-refractivity contribution in [3.05, 3.63) is 0 Å². The fourth-order valence-electron chi connectivity index (χ4n) is 1.49. The number of ether oxygens (including phenoxy) is 2. The van der Waals surface area contributed by atoms with Crippen LogP contribution in [0, 0.1) is 0 Å². The van der Waals surface area contributed by atoms with Crippen molar-refractivity contribution >= 4 is 5.97 Å². The lowest BCUT2D eigenvalue weighted by Crippen LogP contribution is -2.32. The van der Waals surface area contributed by atoms with E-state index in [0.29, 0.717) is 19.6 Å². The van der Waals surface area contributed by atoms with E-state index >= 15 is 0 Å². The fraction of sp³-hybridized carbons (Fsp3) is 0.900. The quantitative estimate of drug-likeness (QED) is 0.628. The Labute approximate surface area is 89.5 Å². The van der Waals surface area contributed by atoms with Crippen LogP contribution in [0.1, 0.15) is 25.7 Å². The molecule has 0 bridgehead atoms. The maximum atomic E-state index is 10.4. The highest BCUT2D eigenvalue weighted by atomic mass is 16.5. The van der Waals surface area contributed by atoms with Gasteiger partial charge in [-0.1, -0.05) is 0 Å². The highest BCUT2D eigenvalue weighted by Gasteiger charge is 2.15. The largest absolute Gasteiger partial charge is 0.480 e. The van der Waals surface area contributed by atoms with Crippen LogP contribution in [0.4, 0.5) is 0 Å². The van der Waals surface area contributed by atoms with Crippen molar-refractivity contribution in [3.8, 4) is 0 Å². The number of aliphatic carboxylic acids is 1. The molecule has 1 rings (SSSR count). The summed E-state index contributed by atoms with van der Waals surface area (Å²) >= 11 is 0. The molecule has 15 heavy (non-hydrogen) atoms. The van der Waals surface area contributed by atoms with E-state index in [1.807, 2.05) is 0 Å². The number of nitrogens with two attached hydrogens (primary N) is 1. The molecule has 5 heteroatoms. The second-order valence-electron chi connectivity index (χ2n) is 3.80. The molecule has 88 valence electrons. The van der Waals surface area contributed by atoms with Crippen LogP contribution in [0.25, 0.3) is 0 Å². The molecule has 3 N–H and O–H groups in total. The van der Waals surface area contributed by atoms with Crippen molar-refractivity contribution in [1.29, 1.82) is 0 Å². The van der Waals surface area contributed by atoms with E-state index in [2.05, 4.69) is 0 Å². The van der Waals surface area contributed by atoms with Gasteiger partial charge < -0.3 is 20.3 Å². The minimum atomic E-state index is -0.979. The summed E-state index contributed by atoms with van der Waals surface area (Å²) in [5, 5.41) is 8.52. The summed E-state index contributed by atoms with van der Waals surface area (Å²) in [6.07, 6.45) is 3.87. The summed E-state index contributed by atoms with van der Waals surface area (Å²) < 4.78 is 10.8. The second-order valence-corrected chi connectivity index (χ2v) is 3.80. The molecule has 0 amide bonds. The number of rotatable bonds is 6. The molecule has 2 unspecified atom stereocenters. The number of carbonyl (C=O) groups is 1. The van der Waals surface area contributed by atoms with Crippen molar-refractivity contribution in [2.24, 2.45) is 5.73 Å². The molecule has 0 aliphatic carbocycles. The molecule has 0 aromatic carbocycles. The molecule has 0 aromatic heterocycles. The standard InChI is InChI=1S/C10H19NO4/c11-9(10(12)13)4-6-14-7-8-3-1-2-5-15-8/h8-9H,1-7,11H2,(H,12,13). The first-order chi connectivity index (χ1) is 7.20. The van der Waals surface area contributed by atoms with Crippen LogP contribution < -0.4 is 5.73 Å². The first kappa shape index (κ1) is 12.4. The van der Waals surface area contributed by atoms with Gasteiger partial charge in [-0.2, -0.15) is 0 Å². The maximum absolute atomic E-state index is 10.4. The van der Waals surface area contributed by atoms with Crippen LogP contribution in [-0.4, -0.2) is 43.0 Å². The van der Waals surface area contributed by atoms with Gasteiger partial charge in [0.15, 0.2) is 0 Å².